The highest BCUT2D eigenvalue weighted by atomic mass is 16.3. The van der Waals surface area contributed by atoms with Crippen LogP contribution >= 0.6 is 0 Å². The minimum absolute atomic E-state index is 0.124. The van der Waals surface area contributed by atoms with Crippen LogP contribution < -0.4 is 10.6 Å². The maximum atomic E-state index is 11.4. The molecule has 0 bridgehead atoms. The molecule has 1 fully saturated rings. The number of nitrogens with one attached hydrogen (secondary N) is 2. The summed E-state index contributed by atoms with van der Waals surface area (Å²) >= 11 is 0. The summed E-state index contributed by atoms with van der Waals surface area (Å²) in [7, 11) is 0. The predicted octanol–water partition coefficient (Wildman–Crippen LogP) is -0.506. The van der Waals surface area contributed by atoms with Crippen LogP contribution in [0, 0.1) is 0 Å². The zero-order valence-corrected chi connectivity index (χ0v) is 7.95. The Balaban J connectivity index is 2.46. The van der Waals surface area contributed by atoms with Gasteiger partial charge in [-0.05, 0) is 12.8 Å². The third-order valence-corrected chi connectivity index (χ3v) is 1.96. The number of aliphatic hydroxyl groups excluding tert-OH is 1. The minimum Gasteiger partial charge on any atom is -0.395 e. The highest BCUT2D eigenvalue weighted by molar-refractivity contribution is 5.93. The summed E-state index contributed by atoms with van der Waals surface area (Å²) in [5, 5.41) is 13.6. The van der Waals surface area contributed by atoms with E-state index in [4.69, 9.17) is 5.11 Å². The van der Waals surface area contributed by atoms with Gasteiger partial charge in [-0.15, -0.1) is 0 Å². The van der Waals surface area contributed by atoms with E-state index in [1.165, 1.54) is 0 Å². The molecule has 1 heterocycles. The SMILES string of the molecule is O=C(NCCO)N1CCCCNC1=O. The lowest BCUT2D eigenvalue weighted by atomic mass is 10.3. The standard InChI is InChI=1S/C8H15N3O3/c12-6-4-10-8(14)11-5-2-1-3-9-7(11)13/h12H,1-6H2,(H,9,13)(H,10,14). The summed E-state index contributed by atoms with van der Waals surface area (Å²) in [5.41, 5.74) is 0. The number of urea groups is 2. The van der Waals surface area contributed by atoms with Crippen molar-refractivity contribution in [1.29, 1.82) is 0 Å². The van der Waals surface area contributed by atoms with Gasteiger partial charge in [-0.1, -0.05) is 0 Å². The first kappa shape index (κ1) is 10.8. The van der Waals surface area contributed by atoms with Crippen LogP contribution in [0.1, 0.15) is 12.8 Å². The molecule has 0 aromatic carbocycles. The molecule has 0 saturated carbocycles. The molecule has 0 radical (unpaired) electrons. The van der Waals surface area contributed by atoms with Crippen molar-refractivity contribution in [3.63, 3.8) is 0 Å². The number of hydrogen-bond acceptors (Lipinski definition) is 3. The van der Waals surface area contributed by atoms with Crippen LogP contribution in [0.3, 0.4) is 0 Å². The number of amides is 4. The second kappa shape index (κ2) is 5.43. The topological polar surface area (TPSA) is 81.7 Å². The van der Waals surface area contributed by atoms with Gasteiger partial charge in [-0.3, -0.25) is 0 Å². The summed E-state index contributed by atoms with van der Waals surface area (Å²) in [6, 6.07) is -0.809. The third kappa shape index (κ3) is 2.88. The molecule has 14 heavy (non-hydrogen) atoms. The molecule has 4 amide bonds. The lowest BCUT2D eigenvalue weighted by Crippen LogP contribution is -2.48. The van der Waals surface area contributed by atoms with Gasteiger partial charge in [0, 0.05) is 19.6 Å². The summed E-state index contributed by atoms with van der Waals surface area (Å²) in [4.78, 5) is 23.8. The Morgan fingerprint density at radius 1 is 1.57 bits per heavy atom. The molecular formula is C8H15N3O3. The largest absolute Gasteiger partial charge is 0.395 e. The lowest BCUT2D eigenvalue weighted by Gasteiger charge is -2.18. The van der Waals surface area contributed by atoms with E-state index >= 15 is 0 Å². The number of aliphatic hydroxyl groups is 1. The van der Waals surface area contributed by atoms with Crippen molar-refractivity contribution in [2.75, 3.05) is 26.2 Å². The molecule has 3 N–H and O–H groups in total. The molecule has 1 rings (SSSR count). The van der Waals surface area contributed by atoms with E-state index in [1.807, 2.05) is 0 Å². The Kier molecular flexibility index (Phi) is 4.18. The van der Waals surface area contributed by atoms with Gasteiger partial charge in [0.15, 0.2) is 0 Å². The smallest absolute Gasteiger partial charge is 0.325 e. The Morgan fingerprint density at radius 3 is 3.07 bits per heavy atom. The third-order valence-electron chi connectivity index (χ3n) is 1.96. The first-order valence-corrected chi connectivity index (χ1v) is 4.70. The summed E-state index contributed by atoms with van der Waals surface area (Å²) in [6.45, 7) is 1.09. The highest BCUT2D eigenvalue weighted by Gasteiger charge is 2.22. The maximum Gasteiger partial charge on any atom is 0.325 e. The summed E-state index contributed by atoms with van der Waals surface area (Å²) in [6.07, 6.45) is 1.70. The van der Waals surface area contributed by atoms with Crippen LogP contribution in [0.2, 0.25) is 0 Å². The molecule has 80 valence electrons. The van der Waals surface area contributed by atoms with E-state index in [0.717, 1.165) is 17.7 Å². The second-order valence-corrected chi connectivity index (χ2v) is 3.05. The van der Waals surface area contributed by atoms with Crippen molar-refractivity contribution in [2.24, 2.45) is 0 Å². The summed E-state index contributed by atoms with van der Waals surface area (Å²) in [5.74, 6) is 0. The number of hydrogen-bond donors (Lipinski definition) is 3. The van der Waals surface area contributed by atoms with Crippen LogP contribution in [0.4, 0.5) is 9.59 Å². The first-order valence-electron chi connectivity index (χ1n) is 4.70. The van der Waals surface area contributed by atoms with E-state index in [-0.39, 0.29) is 19.2 Å². The molecule has 0 aliphatic carbocycles. The second-order valence-electron chi connectivity index (χ2n) is 3.05. The maximum absolute atomic E-state index is 11.4. The van der Waals surface area contributed by atoms with Crippen LogP contribution in [-0.4, -0.2) is 48.3 Å². The van der Waals surface area contributed by atoms with E-state index in [1.54, 1.807) is 0 Å². The molecule has 6 heteroatoms. The normalized spacial score (nSPS) is 17.2. The Bertz CT molecular complexity index is 220. The number of nitrogens with zero attached hydrogens (tertiary/aromatic N) is 1. The zero-order chi connectivity index (χ0) is 10.4. The molecule has 1 saturated heterocycles. The first-order chi connectivity index (χ1) is 6.75. The fourth-order valence-electron chi connectivity index (χ4n) is 1.24. The Hall–Kier alpha value is -1.30. The van der Waals surface area contributed by atoms with Crippen LogP contribution in [0.25, 0.3) is 0 Å². The number of imide groups is 1. The molecule has 0 aromatic rings. The van der Waals surface area contributed by atoms with Gasteiger partial charge in [0.2, 0.25) is 0 Å². The Morgan fingerprint density at radius 2 is 2.36 bits per heavy atom. The lowest BCUT2D eigenvalue weighted by molar-refractivity contribution is 0.186. The minimum atomic E-state index is -0.446. The van der Waals surface area contributed by atoms with E-state index in [0.29, 0.717) is 13.1 Å². The molecule has 6 nitrogen and oxygen atoms in total. The van der Waals surface area contributed by atoms with Crippen molar-refractivity contribution in [3.8, 4) is 0 Å². The van der Waals surface area contributed by atoms with Crippen molar-refractivity contribution in [3.05, 3.63) is 0 Å². The van der Waals surface area contributed by atoms with Crippen molar-refractivity contribution in [2.45, 2.75) is 12.8 Å². The summed E-state index contributed by atoms with van der Waals surface area (Å²) < 4.78 is 0. The predicted molar refractivity (Wildman–Crippen MR) is 49.8 cm³/mol. The van der Waals surface area contributed by atoms with Crippen LogP contribution in [0.15, 0.2) is 0 Å². The molecule has 0 atom stereocenters. The van der Waals surface area contributed by atoms with Gasteiger partial charge in [0.1, 0.15) is 0 Å². The van der Waals surface area contributed by atoms with Crippen molar-refractivity contribution >= 4 is 12.1 Å². The van der Waals surface area contributed by atoms with Gasteiger partial charge in [0.25, 0.3) is 0 Å². The molecular weight excluding hydrogens is 186 g/mol. The molecule has 0 unspecified atom stereocenters. The molecule has 1 aliphatic heterocycles. The van der Waals surface area contributed by atoms with Gasteiger partial charge in [-0.25, -0.2) is 14.5 Å². The van der Waals surface area contributed by atoms with Crippen molar-refractivity contribution < 1.29 is 14.7 Å². The average molecular weight is 201 g/mol. The molecule has 0 spiro atoms. The fraction of sp³-hybridized carbons (Fsp3) is 0.750. The fourth-order valence-corrected chi connectivity index (χ4v) is 1.24. The monoisotopic (exact) mass is 201 g/mol. The van der Waals surface area contributed by atoms with Crippen LogP contribution in [-0.2, 0) is 0 Å². The van der Waals surface area contributed by atoms with Gasteiger partial charge >= 0.3 is 12.1 Å². The number of rotatable bonds is 2. The number of carbonyl (C=O) groups excluding carboxylic acids is 2. The van der Waals surface area contributed by atoms with E-state index in [9.17, 15) is 9.59 Å². The zero-order valence-electron chi connectivity index (χ0n) is 7.95. The molecule has 0 aromatic heterocycles. The molecule has 1 aliphatic rings. The van der Waals surface area contributed by atoms with Gasteiger partial charge in [-0.2, -0.15) is 0 Å². The van der Waals surface area contributed by atoms with E-state index < -0.39 is 6.03 Å². The van der Waals surface area contributed by atoms with Crippen LogP contribution in [0.5, 0.6) is 0 Å². The average Bonchev–Trinajstić information content (AvgIpc) is 2.39. The van der Waals surface area contributed by atoms with Gasteiger partial charge < -0.3 is 15.7 Å². The van der Waals surface area contributed by atoms with Gasteiger partial charge in [0.05, 0.1) is 6.61 Å². The van der Waals surface area contributed by atoms with E-state index in [2.05, 4.69) is 10.6 Å². The quantitative estimate of drug-likeness (QED) is 0.563. The van der Waals surface area contributed by atoms with Crippen molar-refractivity contribution in [1.82, 2.24) is 15.5 Å². The highest BCUT2D eigenvalue weighted by Crippen LogP contribution is 2.01. The number of carbonyl (C=O) groups is 2. The Labute approximate surface area is 82.3 Å².